The van der Waals surface area contributed by atoms with E-state index in [2.05, 4.69) is 5.32 Å². The van der Waals surface area contributed by atoms with Crippen LogP contribution in [0.15, 0.2) is 0 Å². The fraction of sp³-hybridized carbons (Fsp3) is 0.600. The lowest BCUT2D eigenvalue weighted by Gasteiger charge is -1.89. The first-order valence-electron chi connectivity index (χ1n) is 2.25. The van der Waals surface area contributed by atoms with Gasteiger partial charge < -0.3 is 5.32 Å². The SMILES string of the molecule is CNC[CH]C(C)=O. The summed E-state index contributed by atoms with van der Waals surface area (Å²) < 4.78 is 0. The van der Waals surface area contributed by atoms with E-state index in [-0.39, 0.29) is 5.78 Å². The molecular formula is C5H10NO. The molecule has 0 fully saturated rings. The van der Waals surface area contributed by atoms with Gasteiger partial charge in [-0.2, -0.15) is 0 Å². The van der Waals surface area contributed by atoms with Gasteiger partial charge in [0, 0.05) is 13.0 Å². The van der Waals surface area contributed by atoms with E-state index in [1.54, 1.807) is 13.5 Å². The van der Waals surface area contributed by atoms with Gasteiger partial charge in [-0.15, -0.1) is 0 Å². The minimum atomic E-state index is 0.120. The van der Waals surface area contributed by atoms with Crippen LogP contribution in [0.5, 0.6) is 0 Å². The van der Waals surface area contributed by atoms with E-state index in [4.69, 9.17) is 0 Å². The summed E-state index contributed by atoms with van der Waals surface area (Å²) in [6.07, 6.45) is 1.60. The molecule has 0 aromatic heterocycles. The van der Waals surface area contributed by atoms with Crippen molar-refractivity contribution in [1.82, 2.24) is 5.32 Å². The molecule has 7 heavy (non-hydrogen) atoms. The average molecular weight is 100 g/mol. The molecule has 0 heterocycles. The fourth-order valence-corrected chi connectivity index (χ4v) is 0.246. The smallest absolute Gasteiger partial charge is 0.134 e. The molecule has 2 nitrogen and oxygen atoms in total. The maximum Gasteiger partial charge on any atom is 0.134 e. The molecule has 0 aliphatic carbocycles. The molecule has 0 aliphatic rings. The van der Waals surface area contributed by atoms with Crippen molar-refractivity contribution in [3.8, 4) is 0 Å². The summed E-state index contributed by atoms with van der Waals surface area (Å²) in [7, 11) is 1.80. The van der Waals surface area contributed by atoms with E-state index < -0.39 is 0 Å². The lowest BCUT2D eigenvalue weighted by atomic mass is 10.3. The van der Waals surface area contributed by atoms with Crippen molar-refractivity contribution in [2.24, 2.45) is 0 Å². The van der Waals surface area contributed by atoms with E-state index in [1.807, 2.05) is 0 Å². The molecule has 0 aliphatic heterocycles. The number of hydrogen-bond acceptors (Lipinski definition) is 2. The normalized spacial score (nSPS) is 8.86. The lowest BCUT2D eigenvalue weighted by Crippen LogP contribution is -2.11. The molecule has 0 atom stereocenters. The van der Waals surface area contributed by atoms with Crippen LogP contribution in [-0.4, -0.2) is 19.4 Å². The maximum absolute atomic E-state index is 10.1. The molecule has 2 heteroatoms. The van der Waals surface area contributed by atoms with Crippen LogP contribution in [0.1, 0.15) is 6.92 Å². The number of ketones is 1. The van der Waals surface area contributed by atoms with Crippen molar-refractivity contribution in [2.45, 2.75) is 6.92 Å². The Balaban J connectivity index is 2.82. The highest BCUT2D eigenvalue weighted by Gasteiger charge is 1.87. The van der Waals surface area contributed by atoms with Crippen molar-refractivity contribution in [1.29, 1.82) is 0 Å². The van der Waals surface area contributed by atoms with Gasteiger partial charge in [0.05, 0.1) is 0 Å². The number of nitrogens with one attached hydrogen (secondary N) is 1. The second-order valence-corrected chi connectivity index (χ2v) is 1.37. The molecule has 1 N–H and O–H groups in total. The predicted octanol–water partition coefficient (Wildman–Crippen LogP) is -0.000910. The third kappa shape index (κ3) is 5.63. The molecule has 0 bridgehead atoms. The van der Waals surface area contributed by atoms with Crippen molar-refractivity contribution >= 4 is 5.78 Å². The minimum absolute atomic E-state index is 0.120. The Bertz CT molecular complexity index is 61.1. The Morgan fingerprint density at radius 3 is 2.57 bits per heavy atom. The van der Waals surface area contributed by atoms with Crippen LogP contribution in [0.25, 0.3) is 0 Å². The summed E-state index contributed by atoms with van der Waals surface area (Å²) in [5.74, 6) is 0.120. The van der Waals surface area contributed by atoms with Crippen LogP contribution in [0, 0.1) is 6.42 Å². The first-order chi connectivity index (χ1) is 3.27. The Hall–Kier alpha value is -0.370. The summed E-state index contributed by atoms with van der Waals surface area (Å²) in [6, 6.07) is 0. The highest BCUT2D eigenvalue weighted by atomic mass is 16.1. The van der Waals surface area contributed by atoms with Gasteiger partial charge in [-0.25, -0.2) is 0 Å². The second-order valence-electron chi connectivity index (χ2n) is 1.37. The standard InChI is InChI=1S/C5H10NO/c1-5(7)3-4-6-2/h3,6H,4H2,1-2H3. The number of carbonyl (C=O) groups excluding carboxylic acids is 1. The number of rotatable bonds is 3. The van der Waals surface area contributed by atoms with Gasteiger partial charge >= 0.3 is 0 Å². The molecule has 0 spiro atoms. The lowest BCUT2D eigenvalue weighted by molar-refractivity contribution is -0.113. The van der Waals surface area contributed by atoms with Gasteiger partial charge in [-0.05, 0) is 14.0 Å². The highest BCUT2D eigenvalue weighted by molar-refractivity contribution is 5.84. The van der Waals surface area contributed by atoms with Crippen LogP contribution >= 0.6 is 0 Å². The van der Waals surface area contributed by atoms with Gasteiger partial charge in [0.15, 0.2) is 0 Å². The minimum Gasteiger partial charge on any atom is -0.319 e. The zero-order valence-corrected chi connectivity index (χ0v) is 4.69. The van der Waals surface area contributed by atoms with Crippen LogP contribution in [0.4, 0.5) is 0 Å². The van der Waals surface area contributed by atoms with Crippen molar-refractivity contribution in [2.75, 3.05) is 13.6 Å². The summed E-state index contributed by atoms with van der Waals surface area (Å²) in [6.45, 7) is 2.21. The van der Waals surface area contributed by atoms with E-state index in [1.165, 1.54) is 6.92 Å². The van der Waals surface area contributed by atoms with E-state index in [0.29, 0.717) is 6.54 Å². The first kappa shape index (κ1) is 6.63. The molecular weight excluding hydrogens is 90.1 g/mol. The number of carbonyl (C=O) groups is 1. The highest BCUT2D eigenvalue weighted by Crippen LogP contribution is 1.72. The molecule has 0 saturated heterocycles. The van der Waals surface area contributed by atoms with Crippen LogP contribution in [0.3, 0.4) is 0 Å². The van der Waals surface area contributed by atoms with Crippen molar-refractivity contribution < 1.29 is 4.79 Å². The molecule has 0 aromatic rings. The zero-order valence-electron chi connectivity index (χ0n) is 4.69. The fourth-order valence-electron chi connectivity index (χ4n) is 0.246. The largest absolute Gasteiger partial charge is 0.319 e. The summed E-state index contributed by atoms with van der Waals surface area (Å²) >= 11 is 0. The molecule has 0 saturated carbocycles. The van der Waals surface area contributed by atoms with Gasteiger partial charge in [0.1, 0.15) is 5.78 Å². The Labute approximate surface area is 43.9 Å². The molecule has 0 amide bonds. The van der Waals surface area contributed by atoms with Crippen molar-refractivity contribution in [3.63, 3.8) is 0 Å². The molecule has 0 aromatic carbocycles. The Kier molecular flexibility index (Phi) is 3.61. The maximum atomic E-state index is 10.1. The molecule has 1 radical (unpaired) electrons. The zero-order chi connectivity index (χ0) is 5.70. The van der Waals surface area contributed by atoms with Crippen molar-refractivity contribution in [3.05, 3.63) is 6.42 Å². The molecule has 41 valence electrons. The summed E-state index contributed by atoms with van der Waals surface area (Å²) in [5, 5.41) is 2.82. The van der Waals surface area contributed by atoms with Gasteiger partial charge in [-0.3, -0.25) is 4.79 Å². The third-order valence-electron chi connectivity index (χ3n) is 0.594. The number of Topliss-reactive ketones (excluding diaryl/α,β-unsaturated/α-hetero) is 1. The average Bonchev–Trinajstić information content (AvgIpc) is 1.61. The van der Waals surface area contributed by atoms with Crippen LogP contribution in [-0.2, 0) is 4.79 Å². The van der Waals surface area contributed by atoms with Gasteiger partial charge in [0.2, 0.25) is 0 Å². The van der Waals surface area contributed by atoms with Gasteiger partial charge in [0.25, 0.3) is 0 Å². The Morgan fingerprint density at radius 1 is 1.86 bits per heavy atom. The molecule has 0 rings (SSSR count). The quantitative estimate of drug-likeness (QED) is 0.541. The third-order valence-corrected chi connectivity index (χ3v) is 0.594. The van der Waals surface area contributed by atoms with Crippen LogP contribution < -0.4 is 5.32 Å². The Morgan fingerprint density at radius 2 is 2.43 bits per heavy atom. The monoisotopic (exact) mass is 100 g/mol. The van der Waals surface area contributed by atoms with Gasteiger partial charge in [-0.1, -0.05) is 0 Å². The summed E-state index contributed by atoms with van der Waals surface area (Å²) in [5.41, 5.74) is 0. The van der Waals surface area contributed by atoms with E-state index in [0.717, 1.165) is 0 Å². The predicted molar refractivity (Wildman–Crippen MR) is 28.9 cm³/mol. The second kappa shape index (κ2) is 3.81. The molecule has 0 unspecified atom stereocenters. The number of hydrogen-bond donors (Lipinski definition) is 1. The first-order valence-corrected chi connectivity index (χ1v) is 2.25. The topological polar surface area (TPSA) is 29.1 Å². The van der Waals surface area contributed by atoms with Crippen LogP contribution in [0.2, 0.25) is 0 Å². The van der Waals surface area contributed by atoms with E-state index >= 15 is 0 Å². The van der Waals surface area contributed by atoms with E-state index in [9.17, 15) is 4.79 Å². The summed E-state index contributed by atoms with van der Waals surface area (Å²) in [4.78, 5) is 10.1.